The lowest BCUT2D eigenvalue weighted by atomic mass is 9.93. The third kappa shape index (κ3) is 5.59. The summed E-state index contributed by atoms with van der Waals surface area (Å²) in [5, 5.41) is 0. The van der Waals surface area contributed by atoms with E-state index in [-0.39, 0.29) is 30.6 Å². The van der Waals surface area contributed by atoms with Gasteiger partial charge in [-0.2, -0.15) is 0 Å². The number of ether oxygens (including phenoxy) is 2. The molecule has 0 spiro atoms. The van der Waals surface area contributed by atoms with Gasteiger partial charge in [0, 0.05) is 6.04 Å². The summed E-state index contributed by atoms with van der Waals surface area (Å²) in [6.45, 7) is 7.69. The topological polar surface area (TPSA) is 82.1 Å². The fourth-order valence-corrected chi connectivity index (χ4v) is 5.02. The molecule has 2 aliphatic rings. The van der Waals surface area contributed by atoms with Gasteiger partial charge < -0.3 is 18.8 Å². The summed E-state index contributed by atoms with van der Waals surface area (Å²) in [5.74, 6) is -1.80. The van der Waals surface area contributed by atoms with Gasteiger partial charge in [-0.1, -0.05) is 49.6 Å². The molecular weight excluding hydrogens is 426 g/mol. The summed E-state index contributed by atoms with van der Waals surface area (Å²) < 4.78 is 16.9. The SMILES string of the molecule is CCOC(=O)C1C(C(=O)OCc2ccccc2)=C(O[Si](C)(C)C)C(=O)N1C1CCCCC1. The van der Waals surface area contributed by atoms with Crippen molar-refractivity contribution in [1.29, 1.82) is 0 Å². The molecule has 0 radical (unpaired) electrons. The molecule has 1 aromatic carbocycles. The minimum absolute atomic E-state index is 0.0302. The highest BCUT2D eigenvalue weighted by atomic mass is 28.4. The lowest BCUT2D eigenvalue weighted by Gasteiger charge is -2.35. The quantitative estimate of drug-likeness (QED) is 0.433. The van der Waals surface area contributed by atoms with Crippen LogP contribution in [0.15, 0.2) is 41.7 Å². The van der Waals surface area contributed by atoms with Crippen LogP contribution in [0.3, 0.4) is 0 Å². The first-order valence-electron chi connectivity index (χ1n) is 11.4. The van der Waals surface area contributed by atoms with E-state index in [1.165, 1.54) is 4.90 Å². The molecule has 1 heterocycles. The number of esters is 2. The van der Waals surface area contributed by atoms with E-state index in [4.69, 9.17) is 13.9 Å². The zero-order chi connectivity index (χ0) is 23.3. The fourth-order valence-electron chi connectivity index (χ4n) is 4.21. The summed E-state index contributed by atoms with van der Waals surface area (Å²) in [6, 6.07) is 8.00. The van der Waals surface area contributed by atoms with E-state index in [9.17, 15) is 14.4 Å². The molecule has 0 aromatic heterocycles. The molecule has 7 nitrogen and oxygen atoms in total. The van der Waals surface area contributed by atoms with E-state index in [2.05, 4.69) is 0 Å². The molecule has 1 aliphatic heterocycles. The Bertz CT molecular complexity index is 870. The second-order valence-electron chi connectivity index (χ2n) is 9.18. The van der Waals surface area contributed by atoms with Gasteiger partial charge in [0.15, 0.2) is 11.8 Å². The molecule has 8 heteroatoms. The van der Waals surface area contributed by atoms with Crippen LogP contribution in [0.4, 0.5) is 0 Å². The Morgan fingerprint density at radius 1 is 1.03 bits per heavy atom. The van der Waals surface area contributed by atoms with Crippen LogP contribution in [0, 0.1) is 0 Å². The van der Waals surface area contributed by atoms with Gasteiger partial charge in [0.1, 0.15) is 12.2 Å². The van der Waals surface area contributed by atoms with Gasteiger partial charge in [0.2, 0.25) is 8.32 Å². The Balaban J connectivity index is 1.98. The van der Waals surface area contributed by atoms with E-state index < -0.39 is 32.2 Å². The summed E-state index contributed by atoms with van der Waals surface area (Å²) >= 11 is 0. The number of hydrogen-bond donors (Lipinski definition) is 0. The highest BCUT2D eigenvalue weighted by molar-refractivity contribution is 6.70. The molecule has 174 valence electrons. The Hall–Kier alpha value is -2.61. The largest absolute Gasteiger partial charge is 0.540 e. The minimum Gasteiger partial charge on any atom is -0.540 e. The maximum absolute atomic E-state index is 13.5. The van der Waals surface area contributed by atoms with Crippen LogP contribution in [-0.2, 0) is 34.9 Å². The van der Waals surface area contributed by atoms with Crippen LogP contribution in [0.25, 0.3) is 0 Å². The van der Waals surface area contributed by atoms with Crippen LogP contribution < -0.4 is 0 Å². The minimum atomic E-state index is -2.27. The van der Waals surface area contributed by atoms with Crippen molar-refractivity contribution in [1.82, 2.24) is 4.90 Å². The summed E-state index contributed by atoms with van der Waals surface area (Å²) in [5.41, 5.74) is 0.785. The van der Waals surface area contributed by atoms with Crippen LogP contribution >= 0.6 is 0 Å². The first-order chi connectivity index (χ1) is 15.2. The third-order valence-electron chi connectivity index (χ3n) is 5.54. The van der Waals surface area contributed by atoms with Crippen molar-refractivity contribution in [3.63, 3.8) is 0 Å². The zero-order valence-corrected chi connectivity index (χ0v) is 20.4. The number of amides is 1. The summed E-state index contributed by atoms with van der Waals surface area (Å²) in [4.78, 5) is 41.4. The maximum atomic E-state index is 13.5. The zero-order valence-electron chi connectivity index (χ0n) is 19.4. The maximum Gasteiger partial charge on any atom is 0.341 e. The normalized spacial score (nSPS) is 19.8. The smallest absolute Gasteiger partial charge is 0.341 e. The average Bonchev–Trinajstić information content (AvgIpc) is 3.04. The molecule has 3 rings (SSSR count). The first-order valence-corrected chi connectivity index (χ1v) is 14.8. The second-order valence-corrected chi connectivity index (χ2v) is 13.6. The molecule has 1 aromatic rings. The molecule has 1 unspecified atom stereocenters. The van der Waals surface area contributed by atoms with Gasteiger partial charge in [-0.15, -0.1) is 0 Å². The van der Waals surface area contributed by atoms with Crippen molar-refractivity contribution < 1.29 is 28.3 Å². The number of carbonyl (C=O) groups is 3. The van der Waals surface area contributed by atoms with Crippen molar-refractivity contribution in [3.8, 4) is 0 Å². The highest BCUT2D eigenvalue weighted by Gasteiger charge is 2.52. The third-order valence-corrected chi connectivity index (χ3v) is 6.36. The van der Waals surface area contributed by atoms with E-state index in [1.807, 2.05) is 50.0 Å². The predicted octanol–water partition coefficient (Wildman–Crippen LogP) is 3.94. The number of hydrogen-bond acceptors (Lipinski definition) is 6. The first kappa shape index (κ1) is 24.0. The summed E-state index contributed by atoms with van der Waals surface area (Å²) in [7, 11) is -2.27. The average molecular weight is 460 g/mol. The highest BCUT2D eigenvalue weighted by Crippen LogP contribution is 2.36. The molecular formula is C24H33NO6Si. The lowest BCUT2D eigenvalue weighted by molar-refractivity contribution is -0.155. The van der Waals surface area contributed by atoms with E-state index in [1.54, 1.807) is 6.92 Å². The van der Waals surface area contributed by atoms with Crippen molar-refractivity contribution in [2.75, 3.05) is 6.61 Å². The molecule has 0 N–H and O–H groups in total. The monoisotopic (exact) mass is 459 g/mol. The molecule has 0 saturated heterocycles. The Morgan fingerprint density at radius 3 is 2.28 bits per heavy atom. The van der Waals surface area contributed by atoms with Crippen molar-refractivity contribution in [3.05, 3.63) is 47.2 Å². The van der Waals surface area contributed by atoms with Crippen molar-refractivity contribution >= 4 is 26.2 Å². The molecule has 1 fully saturated rings. The van der Waals surface area contributed by atoms with Crippen LogP contribution in [0.1, 0.15) is 44.6 Å². The fraction of sp³-hybridized carbons (Fsp3) is 0.542. The standard InChI is InChI=1S/C24H33NO6Si/c1-5-29-24(28)20-19(23(27)30-16-17-12-8-6-9-13-17)21(31-32(2,3)4)22(26)25(20)18-14-10-7-11-15-18/h6,8-9,12-13,18,20H,5,7,10-11,14-16H2,1-4H3. The van der Waals surface area contributed by atoms with Gasteiger partial charge >= 0.3 is 11.9 Å². The Kier molecular flexibility index (Phi) is 7.76. The van der Waals surface area contributed by atoms with Crippen molar-refractivity contribution in [2.24, 2.45) is 0 Å². The lowest BCUT2D eigenvalue weighted by Crippen LogP contribution is -2.49. The molecule has 1 saturated carbocycles. The van der Waals surface area contributed by atoms with Gasteiger partial charge in [0.25, 0.3) is 5.91 Å². The van der Waals surface area contributed by atoms with Gasteiger partial charge in [-0.05, 0) is 45.0 Å². The van der Waals surface area contributed by atoms with Crippen LogP contribution in [0.2, 0.25) is 19.6 Å². The van der Waals surface area contributed by atoms with Crippen LogP contribution in [-0.4, -0.2) is 49.8 Å². The Morgan fingerprint density at radius 2 is 1.69 bits per heavy atom. The molecule has 32 heavy (non-hydrogen) atoms. The molecule has 1 amide bonds. The Labute approximate surface area is 190 Å². The molecule has 1 atom stereocenters. The predicted molar refractivity (Wildman–Crippen MR) is 122 cm³/mol. The number of benzene rings is 1. The second kappa shape index (κ2) is 10.3. The van der Waals surface area contributed by atoms with Gasteiger partial charge in [-0.3, -0.25) is 4.79 Å². The summed E-state index contributed by atoms with van der Waals surface area (Å²) in [6.07, 6.45) is 4.62. The molecule has 1 aliphatic carbocycles. The van der Waals surface area contributed by atoms with E-state index in [0.717, 1.165) is 37.7 Å². The molecule has 0 bridgehead atoms. The van der Waals surface area contributed by atoms with Crippen molar-refractivity contribution in [2.45, 2.75) is 77.4 Å². The van der Waals surface area contributed by atoms with E-state index in [0.29, 0.717) is 0 Å². The van der Waals surface area contributed by atoms with Crippen LogP contribution in [0.5, 0.6) is 0 Å². The van der Waals surface area contributed by atoms with Gasteiger partial charge in [0.05, 0.1) is 6.61 Å². The van der Waals surface area contributed by atoms with Gasteiger partial charge in [-0.25, -0.2) is 9.59 Å². The number of nitrogens with zero attached hydrogens (tertiary/aromatic N) is 1. The van der Waals surface area contributed by atoms with E-state index >= 15 is 0 Å². The number of rotatable bonds is 8. The number of carbonyl (C=O) groups excluding carboxylic acids is 3.